The predicted octanol–water partition coefficient (Wildman–Crippen LogP) is 3.57. The largest absolute Gasteiger partial charge is 0.359 e. The summed E-state index contributed by atoms with van der Waals surface area (Å²) in [5.41, 5.74) is 3.13. The molecule has 0 aliphatic carbocycles. The summed E-state index contributed by atoms with van der Waals surface area (Å²) in [5.74, 6) is -0.150. The number of aromatic nitrogens is 1. The van der Waals surface area contributed by atoms with Gasteiger partial charge in [-0.1, -0.05) is 60.7 Å². The van der Waals surface area contributed by atoms with Crippen LogP contribution in [0.2, 0.25) is 0 Å². The van der Waals surface area contributed by atoms with Crippen LogP contribution in [0.15, 0.2) is 79.0 Å². The van der Waals surface area contributed by atoms with E-state index in [-0.39, 0.29) is 11.8 Å². The van der Waals surface area contributed by atoms with Crippen LogP contribution in [0.25, 0.3) is 11.1 Å². The van der Waals surface area contributed by atoms with Crippen molar-refractivity contribution >= 4 is 11.8 Å². The first kappa shape index (κ1) is 19.8. The molecular weight excluding hydrogens is 374 g/mol. The van der Waals surface area contributed by atoms with Gasteiger partial charge in [-0.3, -0.25) is 14.6 Å². The van der Waals surface area contributed by atoms with Gasteiger partial charge in [-0.15, -0.1) is 0 Å². The molecule has 0 radical (unpaired) electrons. The molecule has 5 heteroatoms. The predicted molar refractivity (Wildman–Crippen MR) is 117 cm³/mol. The highest BCUT2D eigenvalue weighted by Crippen LogP contribution is 2.36. The summed E-state index contributed by atoms with van der Waals surface area (Å²) in [6, 6.07) is 23.8. The molecule has 4 rings (SSSR count). The summed E-state index contributed by atoms with van der Waals surface area (Å²) in [6.07, 6.45) is 2.82. The lowest BCUT2D eigenvalue weighted by molar-refractivity contribution is -0.129. The minimum atomic E-state index is -0.644. The Kier molecular flexibility index (Phi) is 5.61. The second-order valence-electron chi connectivity index (χ2n) is 7.79. The molecule has 2 heterocycles. The molecule has 0 unspecified atom stereocenters. The van der Waals surface area contributed by atoms with E-state index in [4.69, 9.17) is 0 Å². The van der Waals surface area contributed by atoms with Gasteiger partial charge in [0.25, 0.3) is 5.91 Å². The second-order valence-corrected chi connectivity index (χ2v) is 7.79. The van der Waals surface area contributed by atoms with E-state index in [2.05, 4.69) is 40.6 Å². The van der Waals surface area contributed by atoms with Crippen molar-refractivity contribution in [2.24, 2.45) is 5.41 Å². The molecule has 3 aromatic rings. The van der Waals surface area contributed by atoms with Crippen molar-refractivity contribution in [3.63, 3.8) is 0 Å². The topological polar surface area (TPSA) is 62.3 Å². The number of hydrogen-bond donors (Lipinski definition) is 1. The van der Waals surface area contributed by atoms with Crippen LogP contribution in [0.4, 0.5) is 0 Å². The fourth-order valence-electron chi connectivity index (χ4n) is 4.25. The van der Waals surface area contributed by atoms with Crippen LogP contribution in [-0.2, 0) is 11.2 Å². The van der Waals surface area contributed by atoms with Crippen molar-refractivity contribution in [2.75, 3.05) is 20.1 Å². The number of carbonyl (C=O) groups excluding carboxylic acids is 2. The third kappa shape index (κ3) is 3.96. The summed E-state index contributed by atoms with van der Waals surface area (Å²) in [6.45, 7) is 0.929. The van der Waals surface area contributed by atoms with Gasteiger partial charge in [-0.25, -0.2) is 0 Å². The number of likely N-dealkylation sites (tertiary alicyclic amines) is 1. The lowest BCUT2D eigenvalue weighted by atomic mass is 9.79. The fourth-order valence-corrected chi connectivity index (χ4v) is 4.25. The van der Waals surface area contributed by atoms with Crippen LogP contribution in [0.1, 0.15) is 22.5 Å². The lowest BCUT2D eigenvalue weighted by Crippen LogP contribution is -2.44. The van der Waals surface area contributed by atoms with E-state index in [0.29, 0.717) is 31.6 Å². The van der Waals surface area contributed by atoms with E-state index in [0.717, 1.165) is 16.7 Å². The van der Waals surface area contributed by atoms with Gasteiger partial charge in [0.15, 0.2) is 0 Å². The minimum Gasteiger partial charge on any atom is -0.359 e. The Morgan fingerprint density at radius 3 is 2.50 bits per heavy atom. The first-order valence-corrected chi connectivity index (χ1v) is 10.2. The highest BCUT2D eigenvalue weighted by Gasteiger charge is 2.45. The van der Waals surface area contributed by atoms with Crippen molar-refractivity contribution in [1.29, 1.82) is 0 Å². The molecule has 5 nitrogen and oxygen atoms in total. The zero-order valence-electron chi connectivity index (χ0n) is 17.0. The van der Waals surface area contributed by atoms with Crippen LogP contribution in [0, 0.1) is 5.41 Å². The Balaban J connectivity index is 1.59. The first-order chi connectivity index (χ1) is 14.6. The average Bonchev–Trinajstić information content (AvgIpc) is 3.24. The molecule has 1 atom stereocenters. The van der Waals surface area contributed by atoms with Gasteiger partial charge < -0.3 is 10.2 Å². The number of nitrogens with zero attached hydrogens (tertiary/aromatic N) is 2. The van der Waals surface area contributed by atoms with Crippen LogP contribution in [0.3, 0.4) is 0 Å². The Bertz CT molecular complexity index is 1040. The highest BCUT2D eigenvalue weighted by molar-refractivity contribution is 5.93. The normalized spacial score (nSPS) is 18.2. The van der Waals surface area contributed by atoms with E-state index in [9.17, 15) is 9.59 Å². The van der Waals surface area contributed by atoms with Crippen molar-refractivity contribution in [3.8, 4) is 11.1 Å². The molecule has 1 N–H and O–H groups in total. The van der Waals surface area contributed by atoms with Gasteiger partial charge in [-0.2, -0.15) is 0 Å². The zero-order valence-corrected chi connectivity index (χ0v) is 17.0. The molecule has 1 aliphatic rings. The number of pyridine rings is 1. The molecule has 1 aliphatic heterocycles. The molecule has 0 saturated carbocycles. The smallest absolute Gasteiger partial charge is 0.272 e. The van der Waals surface area contributed by atoms with E-state index in [1.807, 2.05) is 24.3 Å². The van der Waals surface area contributed by atoms with E-state index < -0.39 is 5.41 Å². The van der Waals surface area contributed by atoms with Gasteiger partial charge in [0.2, 0.25) is 5.91 Å². The Morgan fingerprint density at radius 2 is 1.77 bits per heavy atom. The van der Waals surface area contributed by atoms with Crippen molar-refractivity contribution in [3.05, 3.63) is 90.3 Å². The number of nitrogens with one attached hydrogen (secondary N) is 1. The number of carbonyl (C=O) groups is 2. The quantitative estimate of drug-likeness (QED) is 0.713. The molecule has 1 saturated heterocycles. The van der Waals surface area contributed by atoms with Gasteiger partial charge in [0.05, 0.1) is 5.41 Å². The summed E-state index contributed by atoms with van der Waals surface area (Å²) in [4.78, 5) is 31.7. The number of rotatable bonds is 5. The minimum absolute atomic E-state index is 0.0241. The summed E-state index contributed by atoms with van der Waals surface area (Å²) in [7, 11) is 1.66. The van der Waals surface area contributed by atoms with Gasteiger partial charge >= 0.3 is 0 Å². The Labute approximate surface area is 176 Å². The molecule has 0 spiro atoms. The van der Waals surface area contributed by atoms with Crippen molar-refractivity contribution in [1.82, 2.24) is 15.2 Å². The Hall–Kier alpha value is -3.47. The average molecular weight is 399 g/mol. The monoisotopic (exact) mass is 399 g/mol. The van der Waals surface area contributed by atoms with Crippen LogP contribution in [-0.4, -0.2) is 41.8 Å². The standard InChI is InChI=1S/C25H25N3O2/c1-26-24(30)25(13-15-28(18-25)23(29)22-12-5-6-14-27-22)17-19-8-7-11-21(16-19)20-9-3-2-4-10-20/h2-12,14,16H,13,15,17-18H2,1H3,(H,26,30)/t25-/m0/s1. The third-order valence-corrected chi connectivity index (χ3v) is 5.81. The molecular formula is C25H25N3O2. The number of amides is 2. The maximum atomic E-state index is 12.9. The van der Waals surface area contributed by atoms with Gasteiger partial charge in [0, 0.05) is 26.3 Å². The first-order valence-electron chi connectivity index (χ1n) is 10.2. The van der Waals surface area contributed by atoms with E-state index >= 15 is 0 Å². The molecule has 1 fully saturated rings. The van der Waals surface area contributed by atoms with Gasteiger partial charge in [0.1, 0.15) is 5.69 Å². The lowest BCUT2D eigenvalue weighted by Gasteiger charge is -2.28. The maximum Gasteiger partial charge on any atom is 0.272 e. The van der Waals surface area contributed by atoms with Gasteiger partial charge in [-0.05, 0) is 41.7 Å². The number of hydrogen-bond acceptors (Lipinski definition) is 3. The Morgan fingerprint density at radius 1 is 1.00 bits per heavy atom. The SMILES string of the molecule is CNC(=O)[C@]1(Cc2cccc(-c3ccccc3)c2)CCN(C(=O)c2ccccn2)C1. The number of benzene rings is 2. The van der Waals surface area contributed by atoms with E-state index in [1.165, 1.54) is 0 Å². The molecule has 30 heavy (non-hydrogen) atoms. The van der Waals surface area contributed by atoms with E-state index in [1.54, 1.807) is 36.3 Å². The molecule has 2 aromatic carbocycles. The van der Waals surface area contributed by atoms with Crippen LogP contribution < -0.4 is 5.32 Å². The third-order valence-electron chi connectivity index (χ3n) is 5.81. The van der Waals surface area contributed by atoms with Crippen molar-refractivity contribution < 1.29 is 9.59 Å². The molecule has 1 aromatic heterocycles. The summed E-state index contributed by atoms with van der Waals surface area (Å²) >= 11 is 0. The second kappa shape index (κ2) is 8.49. The van der Waals surface area contributed by atoms with Crippen molar-refractivity contribution in [2.45, 2.75) is 12.8 Å². The van der Waals surface area contributed by atoms with Crippen LogP contribution in [0.5, 0.6) is 0 Å². The molecule has 0 bridgehead atoms. The summed E-state index contributed by atoms with van der Waals surface area (Å²) in [5, 5.41) is 2.82. The van der Waals surface area contributed by atoms with Crippen LogP contribution >= 0.6 is 0 Å². The highest BCUT2D eigenvalue weighted by atomic mass is 16.2. The maximum absolute atomic E-state index is 12.9. The summed E-state index contributed by atoms with van der Waals surface area (Å²) < 4.78 is 0. The molecule has 2 amide bonds. The zero-order chi connectivity index (χ0) is 21.0. The molecule has 152 valence electrons. The fraction of sp³-hybridized carbons (Fsp3) is 0.240.